The molecule has 4 aromatic rings. The number of rotatable bonds is 6. The Hall–Kier alpha value is -3.51. The maximum atomic E-state index is 11.2. The number of nitro benzene ring substituents is 1. The molecule has 178 valence electrons. The highest BCUT2D eigenvalue weighted by atomic mass is 32.1. The lowest BCUT2D eigenvalue weighted by Crippen LogP contribution is -2.26. The minimum atomic E-state index is -0.350. The maximum Gasteiger partial charge on any atom is 0.269 e. The number of hydrogen-bond acceptors (Lipinski definition) is 4. The molecular weight excluding hydrogens is 454 g/mol. The van der Waals surface area contributed by atoms with Crippen LogP contribution in [0.2, 0.25) is 0 Å². The Kier molecular flexibility index (Phi) is 6.64. The van der Waals surface area contributed by atoms with Gasteiger partial charge in [-0.05, 0) is 72.1 Å². The Bertz CT molecular complexity index is 1410. The van der Waals surface area contributed by atoms with Gasteiger partial charge in [-0.2, -0.15) is 0 Å². The molecule has 1 unspecified atom stereocenters. The number of para-hydroxylation sites is 1. The highest BCUT2D eigenvalue weighted by Gasteiger charge is 2.25. The molecule has 0 radical (unpaired) electrons. The standard InChI is InChI=1S/C29H29N3O2S/c1-3-20-10-7-11-21(4-2)28(20)30-29-31(26-14-8-12-22-9-5-6-13-25(22)26)27(19-35-29)23-15-17-24(18-16-23)32(33)34/h5-7,9-11,13,15-19,26H,3-4,8,12,14H2,1-2H3. The number of nitrogens with zero attached hydrogens (tertiary/aromatic N) is 3. The van der Waals surface area contributed by atoms with Crippen LogP contribution in [0.25, 0.3) is 11.3 Å². The Morgan fingerprint density at radius 2 is 1.71 bits per heavy atom. The van der Waals surface area contributed by atoms with Gasteiger partial charge in [-0.15, -0.1) is 11.3 Å². The summed E-state index contributed by atoms with van der Waals surface area (Å²) in [7, 11) is 0. The van der Waals surface area contributed by atoms with Crippen molar-refractivity contribution in [2.45, 2.75) is 52.0 Å². The van der Waals surface area contributed by atoms with Gasteiger partial charge in [0.2, 0.25) is 0 Å². The number of hydrogen-bond donors (Lipinski definition) is 0. The number of non-ortho nitro benzene ring substituents is 1. The van der Waals surface area contributed by atoms with E-state index in [4.69, 9.17) is 4.99 Å². The third kappa shape index (κ3) is 4.46. The van der Waals surface area contributed by atoms with E-state index in [-0.39, 0.29) is 16.7 Å². The second kappa shape index (κ2) is 10.0. The average molecular weight is 484 g/mol. The van der Waals surface area contributed by atoms with Crippen LogP contribution in [0.15, 0.2) is 77.1 Å². The molecule has 5 rings (SSSR count). The summed E-state index contributed by atoms with van der Waals surface area (Å²) in [6.07, 6.45) is 5.11. The summed E-state index contributed by atoms with van der Waals surface area (Å²) < 4.78 is 2.37. The van der Waals surface area contributed by atoms with Crippen molar-refractivity contribution in [3.05, 3.63) is 109 Å². The second-order valence-corrected chi connectivity index (χ2v) is 9.76. The molecule has 0 saturated heterocycles. The maximum absolute atomic E-state index is 11.2. The van der Waals surface area contributed by atoms with Gasteiger partial charge in [-0.3, -0.25) is 10.1 Å². The van der Waals surface area contributed by atoms with Crippen molar-refractivity contribution in [2.75, 3.05) is 0 Å². The van der Waals surface area contributed by atoms with E-state index in [1.54, 1.807) is 23.5 Å². The predicted octanol–water partition coefficient (Wildman–Crippen LogP) is 7.41. The number of benzene rings is 3. The number of nitro groups is 1. The minimum absolute atomic E-state index is 0.105. The first-order valence-corrected chi connectivity index (χ1v) is 13.2. The van der Waals surface area contributed by atoms with Gasteiger partial charge in [0.05, 0.1) is 22.3 Å². The highest BCUT2D eigenvalue weighted by Crippen LogP contribution is 2.36. The molecule has 1 aliphatic rings. The monoisotopic (exact) mass is 483 g/mol. The van der Waals surface area contributed by atoms with E-state index in [0.717, 1.165) is 53.9 Å². The van der Waals surface area contributed by atoms with Crippen molar-refractivity contribution in [1.82, 2.24) is 4.57 Å². The molecule has 1 aliphatic carbocycles. The SMILES string of the molecule is CCc1cccc(CC)c1N=c1scc(-c2ccc([N+](=O)[O-])cc2)n1C1CCCc2ccccc21. The zero-order chi connectivity index (χ0) is 24.4. The molecule has 0 saturated carbocycles. The van der Waals surface area contributed by atoms with E-state index in [0.29, 0.717) is 0 Å². The molecule has 0 fully saturated rings. The summed E-state index contributed by atoms with van der Waals surface area (Å²) in [6.45, 7) is 4.35. The molecule has 6 heteroatoms. The molecule has 0 N–H and O–H groups in total. The Labute approximate surface area is 209 Å². The fourth-order valence-electron chi connectivity index (χ4n) is 5.12. The lowest BCUT2D eigenvalue weighted by molar-refractivity contribution is -0.384. The van der Waals surface area contributed by atoms with Crippen molar-refractivity contribution in [3.63, 3.8) is 0 Å². The zero-order valence-electron chi connectivity index (χ0n) is 20.1. The zero-order valence-corrected chi connectivity index (χ0v) is 20.9. The first kappa shape index (κ1) is 23.2. The Balaban J connectivity index is 1.75. The number of aromatic nitrogens is 1. The van der Waals surface area contributed by atoms with Crippen LogP contribution >= 0.6 is 11.3 Å². The molecule has 3 aromatic carbocycles. The van der Waals surface area contributed by atoms with Crippen LogP contribution in [0.1, 0.15) is 55.0 Å². The summed E-state index contributed by atoms with van der Waals surface area (Å²) in [5.41, 5.74) is 8.46. The summed E-state index contributed by atoms with van der Waals surface area (Å²) in [4.78, 5) is 17.1. The molecule has 1 aromatic heterocycles. The van der Waals surface area contributed by atoms with Gasteiger partial charge in [-0.1, -0.05) is 56.3 Å². The van der Waals surface area contributed by atoms with Gasteiger partial charge in [0, 0.05) is 17.5 Å². The van der Waals surface area contributed by atoms with Crippen LogP contribution in [-0.4, -0.2) is 9.49 Å². The molecule has 5 nitrogen and oxygen atoms in total. The van der Waals surface area contributed by atoms with Crippen LogP contribution in [0.5, 0.6) is 0 Å². The summed E-state index contributed by atoms with van der Waals surface area (Å²) in [6, 6.07) is 22.2. The fourth-order valence-corrected chi connectivity index (χ4v) is 6.07. The van der Waals surface area contributed by atoms with Gasteiger partial charge in [-0.25, -0.2) is 4.99 Å². The van der Waals surface area contributed by atoms with Gasteiger partial charge in [0.1, 0.15) is 0 Å². The Morgan fingerprint density at radius 3 is 2.40 bits per heavy atom. The molecule has 0 spiro atoms. The summed E-state index contributed by atoms with van der Waals surface area (Å²) in [5.74, 6) is 0. The normalized spacial score (nSPS) is 15.7. The smallest absolute Gasteiger partial charge is 0.269 e. The predicted molar refractivity (Wildman–Crippen MR) is 142 cm³/mol. The third-order valence-corrected chi connectivity index (χ3v) is 7.78. The van der Waals surface area contributed by atoms with E-state index in [2.05, 4.69) is 66.3 Å². The van der Waals surface area contributed by atoms with E-state index >= 15 is 0 Å². The molecule has 1 heterocycles. The lowest BCUT2D eigenvalue weighted by Gasteiger charge is -2.28. The van der Waals surface area contributed by atoms with E-state index in [9.17, 15) is 10.1 Å². The molecule has 35 heavy (non-hydrogen) atoms. The topological polar surface area (TPSA) is 60.4 Å². The van der Waals surface area contributed by atoms with Crippen molar-refractivity contribution in [1.29, 1.82) is 0 Å². The van der Waals surface area contributed by atoms with Crippen LogP contribution in [0.3, 0.4) is 0 Å². The molecule has 0 aliphatic heterocycles. The van der Waals surface area contributed by atoms with Crippen molar-refractivity contribution < 1.29 is 4.92 Å². The van der Waals surface area contributed by atoms with Gasteiger partial charge < -0.3 is 4.57 Å². The number of fused-ring (bicyclic) bond motifs is 1. The van der Waals surface area contributed by atoms with Crippen molar-refractivity contribution >= 4 is 22.7 Å². The second-order valence-electron chi connectivity index (χ2n) is 8.93. The lowest BCUT2D eigenvalue weighted by atomic mass is 9.87. The average Bonchev–Trinajstić information content (AvgIpc) is 3.31. The first-order valence-electron chi connectivity index (χ1n) is 12.3. The summed E-state index contributed by atoms with van der Waals surface area (Å²) >= 11 is 1.65. The van der Waals surface area contributed by atoms with E-state index < -0.39 is 0 Å². The van der Waals surface area contributed by atoms with Gasteiger partial charge in [0.15, 0.2) is 4.80 Å². The molecular formula is C29H29N3O2S. The molecule has 0 bridgehead atoms. The van der Waals surface area contributed by atoms with Crippen LogP contribution in [0.4, 0.5) is 11.4 Å². The fraction of sp³-hybridized carbons (Fsp3) is 0.276. The molecule has 1 atom stereocenters. The van der Waals surface area contributed by atoms with Crippen molar-refractivity contribution in [2.24, 2.45) is 4.99 Å². The van der Waals surface area contributed by atoms with Crippen LogP contribution in [-0.2, 0) is 19.3 Å². The minimum Gasteiger partial charge on any atom is -0.309 e. The largest absolute Gasteiger partial charge is 0.309 e. The van der Waals surface area contributed by atoms with Crippen LogP contribution in [0, 0.1) is 10.1 Å². The van der Waals surface area contributed by atoms with E-state index in [1.165, 1.54) is 22.3 Å². The highest BCUT2D eigenvalue weighted by molar-refractivity contribution is 7.07. The Morgan fingerprint density at radius 1 is 1.00 bits per heavy atom. The molecule has 0 amide bonds. The van der Waals surface area contributed by atoms with Crippen LogP contribution < -0.4 is 4.80 Å². The number of aryl methyl sites for hydroxylation is 3. The quantitative estimate of drug-likeness (QED) is 0.212. The van der Waals surface area contributed by atoms with Gasteiger partial charge in [0.25, 0.3) is 5.69 Å². The van der Waals surface area contributed by atoms with Gasteiger partial charge >= 0.3 is 0 Å². The first-order chi connectivity index (χ1) is 17.1. The number of thiazole rings is 1. The third-order valence-electron chi connectivity index (χ3n) is 6.94. The van der Waals surface area contributed by atoms with Crippen molar-refractivity contribution in [3.8, 4) is 11.3 Å². The summed E-state index contributed by atoms with van der Waals surface area (Å²) in [5, 5.41) is 13.4. The van der Waals surface area contributed by atoms with E-state index in [1.807, 2.05) is 12.1 Å².